The summed E-state index contributed by atoms with van der Waals surface area (Å²) in [6.45, 7) is 2.83. The molecule has 0 fully saturated rings. The summed E-state index contributed by atoms with van der Waals surface area (Å²) in [6, 6.07) is 16.2. The second kappa shape index (κ2) is 8.90. The molecule has 0 aliphatic heterocycles. The van der Waals surface area contributed by atoms with Crippen LogP contribution in [0.2, 0.25) is 0 Å². The maximum Gasteiger partial charge on any atom is 0.324 e. The molecule has 0 aromatic heterocycles. The van der Waals surface area contributed by atoms with Gasteiger partial charge in [0, 0.05) is 11.3 Å². The second-order valence-corrected chi connectivity index (χ2v) is 5.41. The highest BCUT2D eigenvalue weighted by Crippen LogP contribution is 2.13. The van der Waals surface area contributed by atoms with Crippen LogP contribution in [0.15, 0.2) is 54.6 Å². The third kappa shape index (κ3) is 5.71. The zero-order valence-electron chi connectivity index (χ0n) is 13.0. The number of nitrogens with one attached hydrogen (secondary N) is 2. The molecule has 4 nitrogen and oxygen atoms in total. The summed E-state index contributed by atoms with van der Waals surface area (Å²) >= 11 is 5.25. The first-order valence-electron chi connectivity index (χ1n) is 7.59. The van der Waals surface area contributed by atoms with E-state index in [1.807, 2.05) is 54.6 Å². The molecule has 120 valence electrons. The smallest absolute Gasteiger partial charge is 0.324 e. The quantitative estimate of drug-likeness (QED) is 0.612. The molecule has 2 aromatic carbocycles. The minimum absolute atomic E-state index is 0.357. The number of carbonyl (C=O) groups is 1. The SMILES string of the molecule is CCCCOc1ccc(C(=S)NC(=O)Nc2ccccc2)cc1. The number of rotatable bonds is 6. The fraction of sp³-hybridized carbons (Fsp3) is 0.222. The van der Waals surface area contributed by atoms with Gasteiger partial charge in [-0.3, -0.25) is 5.32 Å². The van der Waals surface area contributed by atoms with Crippen LogP contribution in [-0.2, 0) is 0 Å². The normalized spacial score (nSPS) is 9.96. The molecule has 2 rings (SSSR count). The fourth-order valence-corrected chi connectivity index (χ4v) is 2.12. The van der Waals surface area contributed by atoms with Crippen LogP contribution in [0.3, 0.4) is 0 Å². The number of anilines is 1. The number of hydrogen-bond acceptors (Lipinski definition) is 3. The monoisotopic (exact) mass is 328 g/mol. The Kier molecular flexibility index (Phi) is 6.56. The summed E-state index contributed by atoms with van der Waals surface area (Å²) in [6.07, 6.45) is 2.13. The lowest BCUT2D eigenvalue weighted by atomic mass is 10.2. The molecule has 0 bridgehead atoms. The van der Waals surface area contributed by atoms with Gasteiger partial charge in [-0.2, -0.15) is 0 Å². The highest BCUT2D eigenvalue weighted by molar-refractivity contribution is 7.80. The van der Waals surface area contributed by atoms with Crippen LogP contribution in [-0.4, -0.2) is 17.6 Å². The van der Waals surface area contributed by atoms with Gasteiger partial charge in [-0.1, -0.05) is 43.8 Å². The number of urea groups is 1. The van der Waals surface area contributed by atoms with E-state index < -0.39 is 0 Å². The number of carbonyl (C=O) groups excluding carboxylic acids is 1. The van der Waals surface area contributed by atoms with Crippen LogP contribution in [0, 0.1) is 0 Å². The van der Waals surface area contributed by atoms with Crippen LogP contribution < -0.4 is 15.4 Å². The Hall–Kier alpha value is -2.40. The van der Waals surface area contributed by atoms with Gasteiger partial charge in [0.25, 0.3) is 0 Å². The lowest BCUT2D eigenvalue weighted by Gasteiger charge is -2.10. The molecule has 0 unspecified atom stereocenters. The van der Waals surface area contributed by atoms with Gasteiger partial charge >= 0.3 is 6.03 Å². The van der Waals surface area contributed by atoms with Crippen LogP contribution >= 0.6 is 12.2 Å². The molecule has 0 radical (unpaired) electrons. The highest BCUT2D eigenvalue weighted by atomic mass is 32.1. The summed E-state index contributed by atoms with van der Waals surface area (Å²) in [5.41, 5.74) is 1.48. The topological polar surface area (TPSA) is 50.4 Å². The summed E-state index contributed by atoms with van der Waals surface area (Å²) in [5, 5.41) is 5.38. The average molecular weight is 328 g/mol. The van der Waals surface area contributed by atoms with Gasteiger partial charge in [-0.15, -0.1) is 0 Å². The number of ether oxygens (including phenoxy) is 1. The van der Waals surface area contributed by atoms with E-state index in [1.54, 1.807) is 0 Å². The van der Waals surface area contributed by atoms with Crippen LogP contribution in [0.5, 0.6) is 5.75 Å². The molecule has 0 aliphatic rings. The van der Waals surface area contributed by atoms with E-state index >= 15 is 0 Å². The van der Waals surface area contributed by atoms with Crippen molar-refractivity contribution in [2.75, 3.05) is 11.9 Å². The van der Waals surface area contributed by atoms with E-state index in [1.165, 1.54) is 0 Å². The van der Waals surface area contributed by atoms with Crippen molar-refractivity contribution in [2.45, 2.75) is 19.8 Å². The van der Waals surface area contributed by atoms with Crippen molar-refractivity contribution in [3.63, 3.8) is 0 Å². The second-order valence-electron chi connectivity index (χ2n) is 5.00. The molecular weight excluding hydrogens is 308 g/mol. The Bertz CT molecular complexity index is 642. The standard InChI is InChI=1S/C18H20N2O2S/c1-2-3-13-22-16-11-9-14(10-12-16)17(23)20-18(21)19-15-7-5-4-6-8-15/h4-12H,2-3,13H2,1H3,(H2,19,20,21,23). The lowest BCUT2D eigenvalue weighted by Crippen LogP contribution is -2.33. The Labute approximate surface area is 141 Å². The number of thiocarbonyl (C=S) groups is 1. The van der Waals surface area contributed by atoms with Crippen molar-refractivity contribution >= 4 is 28.9 Å². The van der Waals surface area contributed by atoms with Crippen molar-refractivity contribution in [1.29, 1.82) is 0 Å². The summed E-state index contributed by atoms with van der Waals surface area (Å²) in [5.74, 6) is 0.804. The first-order valence-corrected chi connectivity index (χ1v) is 8.00. The lowest BCUT2D eigenvalue weighted by molar-refractivity contribution is 0.256. The van der Waals surface area contributed by atoms with Crippen LogP contribution in [0.25, 0.3) is 0 Å². The summed E-state index contributed by atoms with van der Waals surface area (Å²) in [4.78, 5) is 12.3. The molecule has 0 heterocycles. The summed E-state index contributed by atoms with van der Waals surface area (Å²) in [7, 11) is 0. The van der Waals surface area contributed by atoms with Gasteiger partial charge in [-0.25, -0.2) is 4.79 Å². The van der Waals surface area contributed by atoms with Gasteiger partial charge in [0.15, 0.2) is 0 Å². The molecular formula is C18H20N2O2S. The molecule has 2 amide bonds. The molecule has 23 heavy (non-hydrogen) atoms. The van der Waals surface area contributed by atoms with Crippen molar-refractivity contribution in [3.05, 3.63) is 60.2 Å². The number of benzene rings is 2. The molecule has 0 saturated heterocycles. The Morgan fingerprint density at radius 3 is 2.43 bits per heavy atom. The predicted molar refractivity (Wildman–Crippen MR) is 97.1 cm³/mol. The molecule has 2 N–H and O–H groups in total. The van der Waals surface area contributed by atoms with Crippen molar-refractivity contribution in [2.24, 2.45) is 0 Å². The van der Waals surface area contributed by atoms with E-state index in [0.717, 1.165) is 24.2 Å². The van der Waals surface area contributed by atoms with E-state index in [-0.39, 0.29) is 6.03 Å². The minimum Gasteiger partial charge on any atom is -0.494 e. The number of hydrogen-bond donors (Lipinski definition) is 2. The van der Waals surface area contributed by atoms with Crippen LogP contribution in [0.1, 0.15) is 25.3 Å². The number of amides is 2. The third-order valence-electron chi connectivity index (χ3n) is 3.14. The molecule has 0 aliphatic carbocycles. The Morgan fingerprint density at radius 1 is 1.09 bits per heavy atom. The van der Waals surface area contributed by atoms with Gasteiger partial charge in [0.1, 0.15) is 10.7 Å². The van der Waals surface area contributed by atoms with E-state index in [0.29, 0.717) is 17.3 Å². The van der Waals surface area contributed by atoms with Crippen molar-refractivity contribution < 1.29 is 9.53 Å². The molecule has 0 saturated carbocycles. The maximum atomic E-state index is 11.9. The molecule has 0 spiro atoms. The van der Waals surface area contributed by atoms with E-state index in [2.05, 4.69) is 17.6 Å². The molecule has 0 atom stereocenters. The predicted octanol–water partition coefficient (Wildman–Crippen LogP) is 4.36. The number of para-hydroxylation sites is 1. The van der Waals surface area contributed by atoms with E-state index in [4.69, 9.17) is 17.0 Å². The summed E-state index contributed by atoms with van der Waals surface area (Å²) < 4.78 is 5.60. The first-order chi connectivity index (χ1) is 11.2. The zero-order chi connectivity index (χ0) is 16.5. The van der Waals surface area contributed by atoms with E-state index in [9.17, 15) is 4.79 Å². The van der Waals surface area contributed by atoms with Crippen LogP contribution in [0.4, 0.5) is 10.5 Å². The largest absolute Gasteiger partial charge is 0.494 e. The number of unbranched alkanes of at least 4 members (excludes halogenated alkanes) is 1. The van der Waals surface area contributed by atoms with Gasteiger partial charge in [0.2, 0.25) is 0 Å². The molecule has 2 aromatic rings. The fourth-order valence-electron chi connectivity index (χ4n) is 1.90. The first kappa shape index (κ1) is 17.0. The van der Waals surface area contributed by atoms with Crippen molar-refractivity contribution in [1.82, 2.24) is 5.32 Å². The maximum absolute atomic E-state index is 11.9. The van der Waals surface area contributed by atoms with Gasteiger partial charge < -0.3 is 10.1 Å². The Balaban J connectivity index is 1.86. The Morgan fingerprint density at radius 2 is 1.78 bits per heavy atom. The average Bonchev–Trinajstić information content (AvgIpc) is 2.56. The van der Waals surface area contributed by atoms with Crippen molar-refractivity contribution in [3.8, 4) is 5.75 Å². The van der Waals surface area contributed by atoms with Gasteiger partial charge in [0.05, 0.1) is 6.61 Å². The zero-order valence-corrected chi connectivity index (χ0v) is 13.9. The molecule has 5 heteroatoms. The minimum atomic E-state index is -0.357. The third-order valence-corrected chi connectivity index (χ3v) is 3.48. The highest BCUT2D eigenvalue weighted by Gasteiger charge is 2.07. The van der Waals surface area contributed by atoms with Gasteiger partial charge in [-0.05, 0) is 42.8 Å².